The minimum absolute atomic E-state index is 0.0113. The summed E-state index contributed by atoms with van der Waals surface area (Å²) in [5.41, 5.74) is 3.88. The Morgan fingerprint density at radius 3 is 2.60 bits per heavy atom. The minimum Gasteiger partial charge on any atom is -0.375 e. The van der Waals surface area contributed by atoms with Crippen molar-refractivity contribution in [2.45, 2.75) is 20.4 Å². The van der Waals surface area contributed by atoms with Gasteiger partial charge in [-0.15, -0.1) is 0 Å². The highest BCUT2D eigenvalue weighted by Crippen LogP contribution is 2.28. The van der Waals surface area contributed by atoms with Gasteiger partial charge in [0, 0.05) is 36.1 Å². The van der Waals surface area contributed by atoms with Crippen LogP contribution in [-0.4, -0.2) is 9.49 Å². The van der Waals surface area contributed by atoms with Crippen LogP contribution in [0.3, 0.4) is 0 Å². The van der Waals surface area contributed by atoms with Gasteiger partial charge in [-0.1, -0.05) is 11.6 Å². The zero-order valence-corrected chi connectivity index (χ0v) is 12.4. The maximum absolute atomic E-state index is 11.0. The monoisotopic (exact) mass is 293 g/mol. The number of benzene rings is 1. The lowest BCUT2D eigenvalue weighted by molar-refractivity contribution is -0.383. The van der Waals surface area contributed by atoms with Crippen molar-refractivity contribution < 1.29 is 4.92 Å². The summed E-state index contributed by atoms with van der Waals surface area (Å²) in [6.45, 7) is 4.59. The molecule has 6 heteroatoms. The Labute approximate surface area is 122 Å². The third kappa shape index (κ3) is 2.77. The Balaban J connectivity index is 2.23. The molecule has 0 amide bonds. The molecule has 2 rings (SSSR count). The predicted octanol–water partition coefficient (Wildman–Crippen LogP) is 3.82. The van der Waals surface area contributed by atoms with E-state index in [1.165, 1.54) is 6.07 Å². The number of rotatable bonds is 4. The molecule has 0 aliphatic rings. The van der Waals surface area contributed by atoms with E-state index in [4.69, 9.17) is 11.6 Å². The summed E-state index contributed by atoms with van der Waals surface area (Å²) < 4.78 is 2.09. The number of nitro benzene ring substituents is 1. The molecule has 5 nitrogen and oxygen atoms in total. The van der Waals surface area contributed by atoms with Crippen LogP contribution in [0.15, 0.2) is 24.3 Å². The molecule has 0 unspecified atom stereocenters. The van der Waals surface area contributed by atoms with Gasteiger partial charge in [0.15, 0.2) is 0 Å². The second-order valence-electron chi connectivity index (χ2n) is 4.73. The van der Waals surface area contributed by atoms with E-state index in [1.807, 2.05) is 20.9 Å². The van der Waals surface area contributed by atoms with Gasteiger partial charge in [-0.05, 0) is 37.6 Å². The van der Waals surface area contributed by atoms with Gasteiger partial charge >= 0.3 is 0 Å². The molecule has 0 atom stereocenters. The topological polar surface area (TPSA) is 60.1 Å². The van der Waals surface area contributed by atoms with Gasteiger partial charge in [-0.3, -0.25) is 10.1 Å². The highest BCUT2D eigenvalue weighted by atomic mass is 35.5. The first-order valence-corrected chi connectivity index (χ1v) is 6.57. The van der Waals surface area contributed by atoms with Gasteiger partial charge < -0.3 is 9.88 Å². The van der Waals surface area contributed by atoms with E-state index in [-0.39, 0.29) is 5.69 Å². The molecule has 0 saturated heterocycles. The van der Waals surface area contributed by atoms with Crippen molar-refractivity contribution in [1.82, 2.24) is 4.57 Å². The number of halogens is 1. The Morgan fingerprint density at radius 2 is 2.05 bits per heavy atom. The Hall–Kier alpha value is -2.01. The molecule has 1 aromatic carbocycles. The normalized spacial score (nSPS) is 10.6. The molecule has 1 aromatic heterocycles. The second kappa shape index (κ2) is 5.54. The first-order valence-electron chi connectivity index (χ1n) is 6.19. The van der Waals surface area contributed by atoms with Crippen molar-refractivity contribution in [3.05, 3.63) is 56.4 Å². The lowest BCUT2D eigenvalue weighted by atomic mass is 10.2. The third-order valence-electron chi connectivity index (χ3n) is 3.51. The molecule has 1 N–H and O–H groups in total. The number of nitro groups is 1. The van der Waals surface area contributed by atoms with Gasteiger partial charge in [0.05, 0.1) is 4.92 Å². The Kier molecular flexibility index (Phi) is 3.99. The van der Waals surface area contributed by atoms with Crippen molar-refractivity contribution in [2.24, 2.45) is 7.05 Å². The third-order valence-corrected chi connectivity index (χ3v) is 3.74. The molecule has 0 aliphatic carbocycles. The molecular formula is C14H16ClN3O2. The van der Waals surface area contributed by atoms with Crippen LogP contribution in [0, 0.1) is 24.0 Å². The van der Waals surface area contributed by atoms with E-state index in [9.17, 15) is 10.1 Å². The maximum atomic E-state index is 11.0. The summed E-state index contributed by atoms with van der Waals surface area (Å²) in [6, 6.07) is 6.70. The highest BCUT2D eigenvalue weighted by Gasteiger charge is 2.14. The van der Waals surface area contributed by atoms with Crippen LogP contribution in [0.1, 0.15) is 17.0 Å². The van der Waals surface area contributed by atoms with Crippen molar-refractivity contribution in [3.8, 4) is 0 Å². The fourth-order valence-corrected chi connectivity index (χ4v) is 2.27. The number of hydrogen-bond acceptors (Lipinski definition) is 3. The average Bonchev–Trinajstić information content (AvgIpc) is 2.64. The molecular weight excluding hydrogens is 278 g/mol. The maximum Gasteiger partial charge on any atom is 0.293 e. The number of hydrogen-bond donors (Lipinski definition) is 1. The predicted molar refractivity (Wildman–Crippen MR) is 80.3 cm³/mol. The number of aryl methyl sites for hydroxylation is 1. The van der Waals surface area contributed by atoms with Gasteiger partial charge in [0.25, 0.3) is 5.69 Å². The number of aromatic nitrogens is 1. The molecule has 0 bridgehead atoms. The fourth-order valence-electron chi connectivity index (χ4n) is 2.11. The highest BCUT2D eigenvalue weighted by molar-refractivity contribution is 6.30. The lowest BCUT2D eigenvalue weighted by Crippen LogP contribution is -2.03. The average molecular weight is 294 g/mol. The molecule has 0 aliphatic heterocycles. The lowest BCUT2D eigenvalue weighted by Gasteiger charge is -2.08. The van der Waals surface area contributed by atoms with Gasteiger partial charge in [-0.25, -0.2) is 0 Å². The smallest absolute Gasteiger partial charge is 0.293 e. The van der Waals surface area contributed by atoms with E-state index in [0.717, 1.165) is 17.0 Å². The van der Waals surface area contributed by atoms with Crippen molar-refractivity contribution in [3.63, 3.8) is 0 Å². The minimum atomic E-state index is -0.433. The Morgan fingerprint density at radius 1 is 1.35 bits per heavy atom. The summed E-state index contributed by atoms with van der Waals surface area (Å²) in [5.74, 6) is 0. The first-order chi connectivity index (χ1) is 9.40. The van der Waals surface area contributed by atoms with E-state index in [1.54, 1.807) is 12.1 Å². The quantitative estimate of drug-likeness (QED) is 0.688. The second-order valence-corrected chi connectivity index (χ2v) is 5.16. The molecule has 0 saturated carbocycles. The van der Waals surface area contributed by atoms with Gasteiger partial charge in [0.1, 0.15) is 5.69 Å². The van der Waals surface area contributed by atoms with Crippen molar-refractivity contribution >= 4 is 23.0 Å². The van der Waals surface area contributed by atoms with Crippen LogP contribution in [-0.2, 0) is 13.6 Å². The molecule has 1 heterocycles. The standard InChI is InChI=1S/C14H16ClN3O2/c1-9-6-11(10(2)17(9)3)8-16-13-5-4-12(15)7-14(13)18(19)20/h4-7,16H,8H2,1-3H3. The molecule has 2 aromatic rings. The summed E-state index contributed by atoms with van der Waals surface area (Å²) in [7, 11) is 2.00. The van der Waals surface area contributed by atoms with Crippen LogP contribution in [0.5, 0.6) is 0 Å². The molecule has 0 fully saturated rings. The molecule has 106 valence electrons. The van der Waals surface area contributed by atoms with Crippen LogP contribution >= 0.6 is 11.6 Å². The fraction of sp³-hybridized carbons (Fsp3) is 0.286. The van der Waals surface area contributed by atoms with Crippen molar-refractivity contribution in [2.75, 3.05) is 5.32 Å². The van der Waals surface area contributed by atoms with E-state index in [0.29, 0.717) is 17.3 Å². The Bertz CT molecular complexity index is 665. The van der Waals surface area contributed by atoms with Crippen LogP contribution in [0.4, 0.5) is 11.4 Å². The van der Waals surface area contributed by atoms with Crippen LogP contribution in [0.25, 0.3) is 0 Å². The summed E-state index contributed by atoms with van der Waals surface area (Å²) in [4.78, 5) is 10.6. The van der Waals surface area contributed by atoms with Crippen molar-refractivity contribution in [1.29, 1.82) is 0 Å². The molecule has 0 spiro atoms. The summed E-state index contributed by atoms with van der Waals surface area (Å²) >= 11 is 5.79. The first kappa shape index (κ1) is 14.4. The van der Waals surface area contributed by atoms with Crippen LogP contribution in [0.2, 0.25) is 5.02 Å². The van der Waals surface area contributed by atoms with Gasteiger partial charge in [0.2, 0.25) is 0 Å². The number of nitrogens with zero attached hydrogens (tertiary/aromatic N) is 2. The number of nitrogens with one attached hydrogen (secondary N) is 1. The molecule has 20 heavy (non-hydrogen) atoms. The molecule has 0 radical (unpaired) electrons. The van der Waals surface area contributed by atoms with E-state index >= 15 is 0 Å². The van der Waals surface area contributed by atoms with E-state index in [2.05, 4.69) is 16.0 Å². The zero-order valence-electron chi connectivity index (χ0n) is 11.6. The van der Waals surface area contributed by atoms with Gasteiger partial charge in [-0.2, -0.15) is 0 Å². The van der Waals surface area contributed by atoms with Crippen LogP contribution < -0.4 is 5.32 Å². The van der Waals surface area contributed by atoms with E-state index < -0.39 is 4.92 Å². The SMILES string of the molecule is Cc1cc(CNc2ccc(Cl)cc2[N+](=O)[O-])c(C)n1C. The zero-order chi connectivity index (χ0) is 14.9. The number of anilines is 1. The summed E-state index contributed by atoms with van der Waals surface area (Å²) in [5, 5.41) is 14.5. The summed E-state index contributed by atoms with van der Waals surface area (Å²) in [6.07, 6.45) is 0. The largest absolute Gasteiger partial charge is 0.375 e.